The van der Waals surface area contributed by atoms with Crippen molar-refractivity contribution in [2.24, 2.45) is 0 Å². The Hall–Kier alpha value is -1.75. The molecule has 0 aromatic carbocycles. The number of nitrogens with zero attached hydrogens (tertiary/aromatic N) is 4. The van der Waals surface area contributed by atoms with Gasteiger partial charge in [-0.25, -0.2) is 0 Å². The van der Waals surface area contributed by atoms with Crippen LogP contribution in [-0.2, 0) is 14.4 Å². The summed E-state index contributed by atoms with van der Waals surface area (Å²) >= 11 is 0. The molecule has 0 radical (unpaired) electrons. The fourth-order valence-corrected chi connectivity index (χ4v) is 2.66. The van der Waals surface area contributed by atoms with Crippen molar-refractivity contribution in [3.8, 4) is 0 Å². The van der Waals surface area contributed by atoms with Gasteiger partial charge in [-0.3, -0.25) is 14.7 Å². The molecule has 10 nitrogen and oxygen atoms in total. The third kappa shape index (κ3) is 9.97. The number of rotatable bonds is 6. The summed E-state index contributed by atoms with van der Waals surface area (Å²) in [6.07, 6.45) is 0. The van der Waals surface area contributed by atoms with Crippen LogP contribution in [0.25, 0.3) is 0 Å². The van der Waals surface area contributed by atoms with Gasteiger partial charge in [0.1, 0.15) is 0 Å². The highest BCUT2D eigenvalue weighted by molar-refractivity contribution is 5.67. The number of carbonyl (C=O) groups is 3. The highest BCUT2D eigenvalue weighted by Crippen LogP contribution is 1.99. The Morgan fingerprint density at radius 2 is 0.840 bits per heavy atom. The first-order chi connectivity index (χ1) is 11.8. The summed E-state index contributed by atoms with van der Waals surface area (Å²) in [6, 6.07) is 0. The van der Waals surface area contributed by atoms with E-state index in [1.54, 1.807) is 14.7 Å². The van der Waals surface area contributed by atoms with Gasteiger partial charge in [0.15, 0.2) is 0 Å². The smallest absolute Gasteiger partial charge is 0.0555 e. The van der Waals surface area contributed by atoms with Crippen LogP contribution in [0.1, 0.15) is 0 Å². The van der Waals surface area contributed by atoms with E-state index in [0.29, 0.717) is 52.4 Å². The number of likely N-dealkylation sites (N-methyl/N-ethyl adjacent to an activating group) is 1. The lowest BCUT2D eigenvalue weighted by Crippen LogP contribution is -2.50. The van der Waals surface area contributed by atoms with Gasteiger partial charge in [0.05, 0.1) is 17.9 Å². The second kappa shape index (κ2) is 11.0. The molecule has 144 valence electrons. The molecular weight excluding hydrogens is 332 g/mol. The summed E-state index contributed by atoms with van der Waals surface area (Å²) < 4.78 is 0. The topological polar surface area (TPSA) is 133 Å². The standard InChI is InChI=1S/C15H28N4O6/c1-16-2-4-17(10-13(20)21)6-8-19(12-15(24)25)9-7-18(5-3-16)11-14(22)23/h2-12H2,1H3,(H,20,21)(H,22,23)(H,24,25)/p-3. The molecule has 0 aliphatic carbocycles. The minimum absolute atomic E-state index is 0.218. The molecule has 0 unspecified atom stereocenters. The zero-order chi connectivity index (χ0) is 18.8. The molecule has 1 saturated heterocycles. The van der Waals surface area contributed by atoms with Gasteiger partial charge in [-0.05, 0) is 7.05 Å². The number of hydrogen-bond donors (Lipinski definition) is 0. The first kappa shape index (κ1) is 21.3. The van der Waals surface area contributed by atoms with Crippen molar-refractivity contribution in [2.75, 3.05) is 79.0 Å². The first-order valence-electron chi connectivity index (χ1n) is 8.21. The van der Waals surface area contributed by atoms with Crippen molar-refractivity contribution < 1.29 is 29.7 Å². The van der Waals surface area contributed by atoms with Crippen LogP contribution < -0.4 is 15.3 Å². The Morgan fingerprint density at radius 3 is 1.08 bits per heavy atom. The van der Waals surface area contributed by atoms with Crippen molar-refractivity contribution in [1.82, 2.24) is 19.6 Å². The molecule has 0 bridgehead atoms. The highest BCUT2D eigenvalue weighted by atomic mass is 16.4. The van der Waals surface area contributed by atoms with Crippen LogP contribution in [0.5, 0.6) is 0 Å². The van der Waals surface area contributed by atoms with E-state index in [-0.39, 0.29) is 19.6 Å². The molecule has 0 N–H and O–H groups in total. The summed E-state index contributed by atoms with van der Waals surface area (Å²) in [5.74, 6) is -3.59. The van der Waals surface area contributed by atoms with Crippen molar-refractivity contribution in [1.29, 1.82) is 0 Å². The molecule has 25 heavy (non-hydrogen) atoms. The van der Waals surface area contributed by atoms with Crippen LogP contribution >= 0.6 is 0 Å². The summed E-state index contributed by atoms with van der Waals surface area (Å²) in [5.41, 5.74) is 0. The fourth-order valence-electron chi connectivity index (χ4n) is 2.66. The van der Waals surface area contributed by atoms with Crippen LogP contribution in [0.4, 0.5) is 0 Å². The van der Waals surface area contributed by atoms with Crippen LogP contribution in [0.15, 0.2) is 0 Å². The summed E-state index contributed by atoms with van der Waals surface area (Å²) in [4.78, 5) is 39.7. The van der Waals surface area contributed by atoms with E-state index in [1.807, 2.05) is 11.9 Å². The largest absolute Gasteiger partial charge is 0.549 e. The van der Waals surface area contributed by atoms with E-state index in [4.69, 9.17) is 0 Å². The Kier molecular flexibility index (Phi) is 9.35. The lowest BCUT2D eigenvalue weighted by molar-refractivity contribution is -0.308. The van der Waals surface area contributed by atoms with Gasteiger partial charge in [0, 0.05) is 72.0 Å². The van der Waals surface area contributed by atoms with Crippen molar-refractivity contribution >= 4 is 17.9 Å². The van der Waals surface area contributed by atoms with Crippen LogP contribution in [0, 0.1) is 0 Å². The molecule has 0 aromatic rings. The molecule has 0 atom stereocenters. The Bertz CT molecular complexity index is 429. The second-order valence-electron chi connectivity index (χ2n) is 6.25. The monoisotopic (exact) mass is 357 g/mol. The number of aliphatic carboxylic acids is 3. The first-order valence-corrected chi connectivity index (χ1v) is 8.21. The summed E-state index contributed by atoms with van der Waals surface area (Å²) in [6.45, 7) is 2.87. The maximum absolute atomic E-state index is 10.9. The lowest BCUT2D eigenvalue weighted by Gasteiger charge is -2.33. The predicted molar refractivity (Wildman–Crippen MR) is 81.8 cm³/mol. The lowest BCUT2D eigenvalue weighted by atomic mass is 10.3. The van der Waals surface area contributed by atoms with E-state index in [2.05, 4.69) is 0 Å². The molecule has 1 fully saturated rings. The normalized spacial score (nSPS) is 20.5. The van der Waals surface area contributed by atoms with Gasteiger partial charge in [0.25, 0.3) is 0 Å². The molecule has 1 heterocycles. The summed E-state index contributed by atoms with van der Waals surface area (Å²) in [7, 11) is 1.88. The third-order valence-corrected chi connectivity index (χ3v) is 4.12. The van der Waals surface area contributed by atoms with Gasteiger partial charge < -0.3 is 34.6 Å². The minimum Gasteiger partial charge on any atom is -0.549 e. The molecule has 0 spiro atoms. The van der Waals surface area contributed by atoms with Crippen LogP contribution in [-0.4, -0.2) is 117 Å². The van der Waals surface area contributed by atoms with Crippen LogP contribution in [0.2, 0.25) is 0 Å². The van der Waals surface area contributed by atoms with Crippen molar-refractivity contribution in [3.05, 3.63) is 0 Å². The van der Waals surface area contributed by atoms with Gasteiger partial charge in [0.2, 0.25) is 0 Å². The van der Waals surface area contributed by atoms with E-state index < -0.39 is 17.9 Å². The van der Waals surface area contributed by atoms with Gasteiger partial charge >= 0.3 is 0 Å². The highest BCUT2D eigenvalue weighted by Gasteiger charge is 2.15. The van der Waals surface area contributed by atoms with E-state index >= 15 is 0 Å². The molecule has 0 saturated carbocycles. The molecular formula is C15H25N4O6-3. The third-order valence-electron chi connectivity index (χ3n) is 4.12. The minimum atomic E-state index is -1.23. The zero-order valence-corrected chi connectivity index (χ0v) is 14.5. The second-order valence-corrected chi connectivity index (χ2v) is 6.25. The van der Waals surface area contributed by atoms with Crippen molar-refractivity contribution in [2.45, 2.75) is 0 Å². The number of carboxylic acid groups (broad SMARTS) is 3. The summed E-state index contributed by atoms with van der Waals surface area (Å²) in [5, 5.41) is 32.7. The maximum atomic E-state index is 10.9. The fraction of sp³-hybridized carbons (Fsp3) is 0.800. The Balaban J connectivity index is 2.76. The molecule has 0 aromatic heterocycles. The predicted octanol–water partition coefficient (Wildman–Crippen LogP) is -5.91. The van der Waals surface area contributed by atoms with Gasteiger partial charge in [-0.15, -0.1) is 0 Å². The van der Waals surface area contributed by atoms with E-state index in [9.17, 15) is 29.7 Å². The average Bonchev–Trinajstić information content (AvgIpc) is 2.49. The van der Waals surface area contributed by atoms with E-state index in [1.165, 1.54) is 0 Å². The van der Waals surface area contributed by atoms with Crippen LogP contribution in [0.3, 0.4) is 0 Å². The van der Waals surface area contributed by atoms with Gasteiger partial charge in [-0.2, -0.15) is 0 Å². The SMILES string of the molecule is CN1CCN(CC(=O)[O-])CCN(CC(=O)[O-])CCN(CC(=O)[O-])CC1. The number of carboxylic acids is 3. The Morgan fingerprint density at radius 1 is 0.600 bits per heavy atom. The zero-order valence-electron chi connectivity index (χ0n) is 14.5. The molecule has 1 rings (SSSR count). The number of carbonyl (C=O) groups excluding carboxylic acids is 3. The molecule has 10 heteroatoms. The molecule has 1 aliphatic heterocycles. The quantitative estimate of drug-likeness (QED) is 0.452. The Labute approximate surface area is 147 Å². The maximum Gasteiger partial charge on any atom is 0.0555 e. The number of hydrogen-bond acceptors (Lipinski definition) is 10. The van der Waals surface area contributed by atoms with Gasteiger partial charge in [-0.1, -0.05) is 0 Å². The van der Waals surface area contributed by atoms with E-state index in [0.717, 1.165) is 0 Å². The van der Waals surface area contributed by atoms with Crippen molar-refractivity contribution in [3.63, 3.8) is 0 Å². The average molecular weight is 357 g/mol. The molecule has 0 amide bonds. The molecule has 1 aliphatic rings.